The molecule has 1 N–H and O–H groups in total. The van der Waals surface area contributed by atoms with Crippen LogP contribution in [0.15, 0.2) is 24.5 Å². The van der Waals surface area contributed by atoms with Gasteiger partial charge in [-0.1, -0.05) is 0 Å². The molecule has 0 aliphatic heterocycles. The van der Waals surface area contributed by atoms with E-state index in [1.807, 2.05) is 0 Å². The van der Waals surface area contributed by atoms with Crippen molar-refractivity contribution >= 4 is 36.4 Å². The number of ether oxygens (including phenoxy) is 2. The minimum absolute atomic E-state index is 0. The molecular weight excluding hydrogens is 302 g/mol. The van der Waals surface area contributed by atoms with E-state index in [9.17, 15) is 27.9 Å². The van der Waals surface area contributed by atoms with Crippen LogP contribution >= 0.6 is 0 Å². The van der Waals surface area contributed by atoms with Crippen LogP contribution in [0.1, 0.15) is 12.5 Å². The second-order valence-corrected chi connectivity index (χ2v) is 3.57. The Hall–Kier alpha value is -1.98. The number of hydrogen-bond acceptors (Lipinski definition) is 6. The van der Waals surface area contributed by atoms with Crippen LogP contribution < -0.4 is 4.74 Å². The van der Waals surface area contributed by atoms with E-state index in [1.54, 1.807) is 0 Å². The van der Waals surface area contributed by atoms with Crippen LogP contribution in [0.5, 0.6) is 5.75 Å². The average Bonchev–Trinajstić information content (AvgIpc) is 2.37. The molecule has 1 aromatic heterocycles. The molecule has 1 heterocycles. The number of aromatic nitrogens is 1. The van der Waals surface area contributed by atoms with E-state index in [4.69, 9.17) is 0 Å². The third kappa shape index (κ3) is 6.65. The first-order valence-corrected chi connectivity index (χ1v) is 5.56. The normalized spacial score (nSPS) is 11.4. The Balaban J connectivity index is 0.00000441. The van der Waals surface area contributed by atoms with E-state index in [0.29, 0.717) is 6.08 Å². The van der Waals surface area contributed by atoms with Crippen LogP contribution in [-0.2, 0) is 14.3 Å². The van der Waals surface area contributed by atoms with Gasteiger partial charge < -0.3 is 14.6 Å². The molecule has 1 rings (SSSR count). The summed E-state index contributed by atoms with van der Waals surface area (Å²) in [6, 6.07) is 0.810. The first-order valence-electron chi connectivity index (χ1n) is 5.56. The fourth-order valence-corrected chi connectivity index (χ4v) is 1.22. The number of esters is 1. The quantitative estimate of drug-likeness (QED) is 0.290. The van der Waals surface area contributed by atoms with Gasteiger partial charge in [-0.05, 0) is 13.0 Å². The fraction of sp³-hybridized carbons (Fsp3) is 0.250. The van der Waals surface area contributed by atoms with E-state index < -0.39 is 29.6 Å². The van der Waals surface area contributed by atoms with Crippen molar-refractivity contribution in [3.63, 3.8) is 0 Å². The number of hydrogen-bond donors (Lipinski definition) is 1. The van der Waals surface area contributed by atoms with Crippen LogP contribution in [0, 0.1) is 0 Å². The van der Waals surface area contributed by atoms with Gasteiger partial charge in [0.2, 0.25) is 0 Å². The maximum absolute atomic E-state index is 12.0. The molecule has 1 aromatic rings. The molecule has 0 amide bonds. The monoisotopic (exact) mass is 313 g/mol. The SMILES string of the molecule is CCOC(=O)C(=O)C=C(O)c1cncc(OC(F)(F)F)c1.[LiH]. The van der Waals surface area contributed by atoms with Gasteiger partial charge in [-0.2, -0.15) is 0 Å². The van der Waals surface area contributed by atoms with Crippen LogP contribution in [-0.4, -0.2) is 53.7 Å². The van der Waals surface area contributed by atoms with Gasteiger partial charge in [-0.25, -0.2) is 4.79 Å². The molecule has 0 saturated heterocycles. The number of aliphatic hydroxyl groups is 1. The van der Waals surface area contributed by atoms with Crippen molar-refractivity contribution in [1.29, 1.82) is 0 Å². The molecule has 0 radical (unpaired) electrons. The zero-order chi connectivity index (χ0) is 16.0. The number of carbonyl (C=O) groups is 2. The molecular formula is C12H11F3LiNO5. The maximum atomic E-state index is 12.0. The summed E-state index contributed by atoms with van der Waals surface area (Å²) in [5.41, 5.74) is -0.227. The zero-order valence-electron chi connectivity index (χ0n) is 10.7. The number of ketones is 1. The molecule has 0 atom stereocenters. The van der Waals surface area contributed by atoms with Gasteiger partial charge in [0.25, 0.3) is 5.78 Å². The van der Waals surface area contributed by atoms with Crippen molar-refractivity contribution in [3.8, 4) is 5.75 Å². The van der Waals surface area contributed by atoms with Gasteiger partial charge in [-0.15, -0.1) is 13.2 Å². The average molecular weight is 313 g/mol. The summed E-state index contributed by atoms with van der Waals surface area (Å²) in [7, 11) is 0. The number of halogens is 3. The van der Waals surface area contributed by atoms with Gasteiger partial charge in [0.15, 0.2) is 0 Å². The Morgan fingerprint density at radius 1 is 1.36 bits per heavy atom. The Kier molecular flexibility index (Phi) is 7.70. The summed E-state index contributed by atoms with van der Waals surface area (Å²) >= 11 is 0. The number of aliphatic hydroxyl groups excluding tert-OH is 1. The van der Waals surface area contributed by atoms with Crippen molar-refractivity contribution in [1.82, 2.24) is 4.98 Å². The predicted molar refractivity (Wildman–Crippen MR) is 70.3 cm³/mol. The summed E-state index contributed by atoms with van der Waals surface area (Å²) in [6.07, 6.45) is -2.63. The summed E-state index contributed by atoms with van der Waals surface area (Å²) in [5.74, 6) is -3.77. The Bertz CT molecular complexity index is 574. The standard InChI is InChI=1S/C12H10F3NO5.Li.H/c1-2-20-11(19)10(18)4-9(17)7-3-8(6-16-5-7)21-12(13,14)15;;/h3-6,17H,2H2,1H3;;. The van der Waals surface area contributed by atoms with Crippen LogP contribution in [0.3, 0.4) is 0 Å². The van der Waals surface area contributed by atoms with Crippen LogP contribution in [0.25, 0.3) is 5.76 Å². The molecule has 0 bridgehead atoms. The Morgan fingerprint density at radius 3 is 2.55 bits per heavy atom. The van der Waals surface area contributed by atoms with Gasteiger partial charge >= 0.3 is 31.2 Å². The summed E-state index contributed by atoms with van der Waals surface area (Å²) in [4.78, 5) is 25.8. The summed E-state index contributed by atoms with van der Waals surface area (Å²) in [6.45, 7) is 1.45. The first kappa shape index (κ1) is 20.0. The second-order valence-electron chi connectivity index (χ2n) is 3.57. The van der Waals surface area contributed by atoms with Crippen molar-refractivity contribution < 1.29 is 37.3 Å². The number of alkyl halides is 3. The molecule has 0 fully saturated rings. The summed E-state index contributed by atoms with van der Waals surface area (Å²) < 4.78 is 44.1. The number of nitrogens with zero attached hydrogens (tertiary/aromatic N) is 1. The molecule has 22 heavy (non-hydrogen) atoms. The van der Waals surface area contributed by atoms with E-state index in [-0.39, 0.29) is 31.0 Å². The van der Waals surface area contributed by atoms with Gasteiger partial charge in [0, 0.05) is 17.8 Å². The number of pyridine rings is 1. The molecule has 0 aliphatic rings. The minimum atomic E-state index is -4.92. The summed E-state index contributed by atoms with van der Waals surface area (Å²) in [5, 5.41) is 9.59. The fourth-order valence-electron chi connectivity index (χ4n) is 1.22. The number of rotatable bonds is 5. The molecule has 0 unspecified atom stereocenters. The molecule has 0 aliphatic carbocycles. The predicted octanol–water partition coefficient (Wildman–Crippen LogP) is 1.36. The van der Waals surface area contributed by atoms with Crippen LogP contribution in [0.4, 0.5) is 13.2 Å². The second kappa shape index (κ2) is 8.46. The van der Waals surface area contributed by atoms with Gasteiger partial charge in [0.1, 0.15) is 11.5 Å². The molecule has 6 nitrogen and oxygen atoms in total. The van der Waals surface area contributed by atoms with E-state index in [0.717, 1.165) is 18.5 Å². The Morgan fingerprint density at radius 2 is 2.00 bits per heavy atom. The zero-order valence-corrected chi connectivity index (χ0v) is 10.7. The van der Waals surface area contributed by atoms with E-state index >= 15 is 0 Å². The van der Waals surface area contributed by atoms with E-state index in [1.165, 1.54) is 6.92 Å². The van der Waals surface area contributed by atoms with Crippen molar-refractivity contribution in [3.05, 3.63) is 30.1 Å². The van der Waals surface area contributed by atoms with E-state index in [2.05, 4.69) is 14.5 Å². The first-order chi connectivity index (χ1) is 9.73. The third-order valence-electron chi connectivity index (χ3n) is 1.99. The van der Waals surface area contributed by atoms with Crippen molar-refractivity contribution in [2.75, 3.05) is 6.61 Å². The molecule has 0 spiro atoms. The van der Waals surface area contributed by atoms with Crippen molar-refractivity contribution in [2.24, 2.45) is 0 Å². The third-order valence-corrected chi connectivity index (χ3v) is 1.99. The topological polar surface area (TPSA) is 85.7 Å². The molecule has 116 valence electrons. The van der Waals surface area contributed by atoms with Crippen molar-refractivity contribution in [2.45, 2.75) is 13.3 Å². The van der Waals surface area contributed by atoms with Gasteiger partial charge in [-0.3, -0.25) is 9.78 Å². The molecule has 0 aromatic carbocycles. The molecule has 0 saturated carbocycles. The van der Waals surface area contributed by atoms with Crippen LogP contribution in [0.2, 0.25) is 0 Å². The molecule has 10 heteroatoms. The number of carbonyl (C=O) groups excluding carboxylic acids is 2. The van der Waals surface area contributed by atoms with Gasteiger partial charge in [0.05, 0.1) is 12.8 Å². The Labute approximate surface area is 135 Å².